The summed E-state index contributed by atoms with van der Waals surface area (Å²) in [6.07, 6.45) is -4.34. The molecule has 20 heavy (non-hydrogen) atoms. The number of hydrogen-bond donors (Lipinski definition) is 1. The molecule has 0 saturated heterocycles. The molecule has 0 spiro atoms. The van der Waals surface area contributed by atoms with E-state index in [1.54, 1.807) is 29.5 Å². The molecule has 108 valence electrons. The van der Waals surface area contributed by atoms with E-state index in [2.05, 4.69) is 5.32 Å². The van der Waals surface area contributed by atoms with E-state index < -0.39 is 12.8 Å². The van der Waals surface area contributed by atoms with Gasteiger partial charge in [0.25, 0.3) is 0 Å². The minimum Gasteiger partial charge on any atom is -0.482 e. The maximum Gasteiger partial charge on any atom is 0.422 e. The number of thiophene rings is 1. The lowest BCUT2D eigenvalue weighted by atomic mass is 10.2. The summed E-state index contributed by atoms with van der Waals surface area (Å²) in [5.74, 6) is 0.202. The Morgan fingerprint density at radius 2 is 1.95 bits per heavy atom. The molecule has 2 aromatic rings. The molecular formula is C14H14F3NOS. The van der Waals surface area contributed by atoms with Crippen LogP contribution in [0.5, 0.6) is 5.75 Å². The molecule has 1 aromatic heterocycles. The van der Waals surface area contributed by atoms with Crippen LogP contribution in [0.3, 0.4) is 0 Å². The van der Waals surface area contributed by atoms with Gasteiger partial charge in [-0.15, -0.1) is 11.3 Å². The molecule has 1 atom stereocenters. The maximum absolute atomic E-state index is 12.2. The SMILES string of the molecule is CC(Nc1ccccc1OCC(F)(F)F)c1cccs1. The molecule has 1 unspecified atom stereocenters. The second-order valence-electron chi connectivity index (χ2n) is 4.28. The van der Waals surface area contributed by atoms with Crippen LogP contribution in [0.15, 0.2) is 41.8 Å². The molecular weight excluding hydrogens is 287 g/mol. The topological polar surface area (TPSA) is 21.3 Å². The van der Waals surface area contributed by atoms with Gasteiger partial charge in [-0.05, 0) is 30.5 Å². The van der Waals surface area contributed by atoms with Gasteiger partial charge in [0, 0.05) is 4.88 Å². The van der Waals surface area contributed by atoms with Crippen molar-refractivity contribution in [3.63, 3.8) is 0 Å². The number of nitrogens with one attached hydrogen (secondary N) is 1. The van der Waals surface area contributed by atoms with Gasteiger partial charge in [0.1, 0.15) is 5.75 Å². The van der Waals surface area contributed by atoms with Gasteiger partial charge in [-0.2, -0.15) is 13.2 Å². The lowest BCUT2D eigenvalue weighted by Crippen LogP contribution is -2.20. The summed E-state index contributed by atoms with van der Waals surface area (Å²) in [4.78, 5) is 1.11. The molecule has 1 heterocycles. The van der Waals surface area contributed by atoms with E-state index in [1.165, 1.54) is 6.07 Å². The summed E-state index contributed by atoms with van der Waals surface area (Å²) < 4.78 is 41.5. The monoisotopic (exact) mass is 301 g/mol. The molecule has 1 N–H and O–H groups in total. The Kier molecular flexibility index (Phi) is 4.54. The summed E-state index contributed by atoms with van der Waals surface area (Å²) in [7, 11) is 0. The molecule has 0 bridgehead atoms. The van der Waals surface area contributed by atoms with Gasteiger partial charge >= 0.3 is 6.18 Å². The van der Waals surface area contributed by atoms with E-state index in [-0.39, 0.29) is 11.8 Å². The van der Waals surface area contributed by atoms with E-state index in [9.17, 15) is 13.2 Å². The van der Waals surface area contributed by atoms with Crippen molar-refractivity contribution in [3.05, 3.63) is 46.7 Å². The van der Waals surface area contributed by atoms with Crippen LogP contribution in [0.2, 0.25) is 0 Å². The highest BCUT2D eigenvalue weighted by Crippen LogP contribution is 2.30. The zero-order valence-electron chi connectivity index (χ0n) is 10.8. The fraction of sp³-hybridized carbons (Fsp3) is 0.286. The summed E-state index contributed by atoms with van der Waals surface area (Å²) in [5.41, 5.74) is 0.553. The Labute approximate surface area is 119 Å². The van der Waals surface area contributed by atoms with E-state index in [0.717, 1.165) is 4.88 Å². The Balaban J connectivity index is 2.08. The van der Waals surface area contributed by atoms with Crippen LogP contribution < -0.4 is 10.1 Å². The standard InChI is InChI=1S/C14H14F3NOS/c1-10(13-7-4-8-20-13)18-11-5-2-3-6-12(11)19-9-14(15,16)17/h2-8,10,18H,9H2,1H3. The normalized spacial score (nSPS) is 13.0. The second kappa shape index (κ2) is 6.17. The Morgan fingerprint density at radius 1 is 1.20 bits per heavy atom. The molecule has 1 aromatic carbocycles. The number of benzene rings is 1. The first-order chi connectivity index (χ1) is 9.46. The van der Waals surface area contributed by atoms with Crippen LogP contribution in [0.4, 0.5) is 18.9 Å². The number of hydrogen-bond acceptors (Lipinski definition) is 3. The molecule has 2 rings (SSSR count). The summed E-state index contributed by atoms with van der Waals surface area (Å²) in [6, 6.07) is 10.5. The van der Waals surface area contributed by atoms with Crippen LogP contribution in [-0.4, -0.2) is 12.8 Å². The molecule has 0 radical (unpaired) electrons. The van der Waals surface area contributed by atoms with Crippen molar-refractivity contribution >= 4 is 17.0 Å². The lowest BCUT2D eigenvalue weighted by Gasteiger charge is -2.18. The summed E-state index contributed by atoms with van der Waals surface area (Å²) >= 11 is 1.59. The van der Waals surface area contributed by atoms with Gasteiger partial charge in [0.05, 0.1) is 11.7 Å². The van der Waals surface area contributed by atoms with Crippen molar-refractivity contribution in [1.29, 1.82) is 0 Å². The average Bonchev–Trinajstić information content (AvgIpc) is 2.90. The number of rotatable bonds is 5. The Morgan fingerprint density at radius 3 is 2.60 bits per heavy atom. The fourth-order valence-electron chi connectivity index (χ4n) is 1.71. The van der Waals surface area contributed by atoms with Gasteiger partial charge in [0.2, 0.25) is 0 Å². The van der Waals surface area contributed by atoms with Crippen molar-refractivity contribution in [2.45, 2.75) is 19.1 Å². The molecule has 0 aliphatic carbocycles. The van der Waals surface area contributed by atoms with E-state index >= 15 is 0 Å². The second-order valence-corrected chi connectivity index (χ2v) is 5.26. The van der Waals surface area contributed by atoms with Crippen molar-refractivity contribution in [3.8, 4) is 5.75 Å². The highest BCUT2D eigenvalue weighted by atomic mass is 32.1. The fourth-order valence-corrected chi connectivity index (χ4v) is 2.45. The molecule has 0 saturated carbocycles. The number of halogens is 3. The lowest BCUT2D eigenvalue weighted by molar-refractivity contribution is -0.153. The largest absolute Gasteiger partial charge is 0.482 e. The van der Waals surface area contributed by atoms with Gasteiger partial charge in [-0.1, -0.05) is 18.2 Å². The van der Waals surface area contributed by atoms with Crippen LogP contribution in [0.1, 0.15) is 17.8 Å². The predicted molar refractivity (Wildman–Crippen MR) is 74.3 cm³/mol. The van der Waals surface area contributed by atoms with Gasteiger partial charge < -0.3 is 10.1 Å². The Hall–Kier alpha value is -1.69. The molecule has 2 nitrogen and oxygen atoms in total. The zero-order chi connectivity index (χ0) is 14.6. The minimum atomic E-state index is -4.34. The van der Waals surface area contributed by atoms with Gasteiger partial charge in [0.15, 0.2) is 6.61 Å². The highest BCUT2D eigenvalue weighted by Gasteiger charge is 2.28. The number of anilines is 1. The quantitative estimate of drug-likeness (QED) is 0.851. The first kappa shape index (κ1) is 14.7. The van der Waals surface area contributed by atoms with Crippen LogP contribution in [0.25, 0.3) is 0 Å². The first-order valence-corrected chi connectivity index (χ1v) is 6.92. The number of alkyl halides is 3. The number of para-hydroxylation sites is 2. The summed E-state index contributed by atoms with van der Waals surface area (Å²) in [6.45, 7) is 0.658. The van der Waals surface area contributed by atoms with Crippen LogP contribution >= 0.6 is 11.3 Å². The third-order valence-corrected chi connectivity index (χ3v) is 3.68. The molecule has 0 amide bonds. The van der Waals surface area contributed by atoms with E-state index in [4.69, 9.17) is 4.74 Å². The molecule has 0 aliphatic rings. The van der Waals surface area contributed by atoms with Crippen molar-refractivity contribution < 1.29 is 17.9 Å². The van der Waals surface area contributed by atoms with E-state index in [1.807, 2.05) is 24.4 Å². The van der Waals surface area contributed by atoms with Crippen molar-refractivity contribution in [2.24, 2.45) is 0 Å². The predicted octanol–water partition coefficient (Wildman–Crippen LogP) is 4.86. The highest BCUT2D eigenvalue weighted by molar-refractivity contribution is 7.10. The zero-order valence-corrected chi connectivity index (χ0v) is 11.6. The molecule has 6 heteroatoms. The third-order valence-electron chi connectivity index (χ3n) is 2.62. The molecule has 0 fully saturated rings. The third kappa shape index (κ3) is 4.16. The van der Waals surface area contributed by atoms with Crippen LogP contribution in [0, 0.1) is 0 Å². The molecule has 0 aliphatic heterocycles. The number of ether oxygens (including phenoxy) is 1. The van der Waals surface area contributed by atoms with Crippen molar-refractivity contribution in [1.82, 2.24) is 0 Å². The van der Waals surface area contributed by atoms with Gasteiger partial charge in [-0.3, -0.25) is 0 Å². The average molecular weight is 301 g/mol. The van der Waals surface area contributed by atoms with Crippen molar-refractivity contribution in [2.75, 3.05) is 11.9 Å². The van der Waals surface area contributed by atoms with Crippen LogP contribution in [-0.2, 0) is 0 Å². The van der Waals surface area contributed by atoms with Gasteiger partial charge in [-0.25, -0.2) is 0 Å². The maximum atomic E-state index is 12.2. The first-order valence-electron chi connectivity index (χ1n) is 6.04. The minimum absolute atomic E-state index is 0.00522. The smallest absolute Gasteiger partial charge is 0.422 e. The summed E-state index contributed by atoms with van der Waals surface area (Å²) in [5, 5.41) is 5.13. The Bertz CT molecular complexity index is 540. The van der Waals surface area contributed by atoms with E-state index in [0.29, 0.717) is 5.69 Å².